The molecule has 0 aliphatic rings. The van der Waals surface area contributed by atoms with E-state index in [1.165, 1.54) is 19.5 Å². The van der Waals surface area contributed by atoms with E-state index in [-0.39, 0.29) is 12.2 Å². The highest BCUT2D eigenvalue weighted by atomic mass is 79.9. The molecule has 2 rings (SSSR count). The second kappa shape index (κ2) is 6.08. The fourth-order valence-corrected chi connectivity index (χ4v) is 2.09. The van der Waals surface area contributed by atoms with Crippen LogP contribution in [0.4, 0.5) is 4.39 Å². The number of hydrogen-bond donors (Lipinski definition) is 1. The van der Waals surface area contributed by atoms with E-state index >= 15 is 0 Å². The lowest BCUT2D eigenvalue weighted by Gasteiger charge is -2.12. The maximum atomic E-state index is 13.4. The van der Waals surface area contributed by atoms with Gasteiger partial charge in [0.1, 0.15) is 18.2 Å². The molecule has 1 heterocycles. The van der Waals surface area contributed by atoms with Crippen molar-refractivity contribution in [2.75, 3.05) is 7.11 Å². The molecule has 1 aromatic carbocycles. The molecule has 4 nitrogen and oxygen atoms in total. The monoisotopic (exact) mass is 326 g/mol. The number of hydrogen-bond acceptors (Lipinski definition) is 4. The molecule has 2 aromatic rings. The lowest BCUT2D eigenvalue weighted by molar-refractivity contribution is 0.172. The van der Waals surface area contributed by atoms with Gasteiger partial charge in [-0.05, 0) is 27.6 Å². The lowest BCUT2D eigenvalue weighted by atomic mass is 10.1. The van der Waals surface area contributed by atoms with Gasteiger partial charge in [0.15, 0.2) is 0 Å². The van der Waals surface area contributed by atoms with Crippen LogP contribution in [-0.4, -0.2) is 22.2 Å². The molecule has 1 aromatic heterocycles. The third kappa shape index (κ3) is 3.27. The second-order valence-corrected chi connectivity index (χ2v) is 4.71. The normalized spacial score (nSPS) is 12.2. The zero-order valence-electron chi connectivity index (χ0n) is 10.2. The number of aromatic nitrogens is 2. The molecule has 0 aliphatic heterocycles. The Kier molecular flexibility index (Phi) is 4.44. The maximum absolute atomic E-state index is 13.4. The van der Waals surface area contributed by atoms with E-state index in [2.05, 4.69) is 25.9 Å². The van der Waals surface area contributed by atoms with Crippen LogP contribution < -0.4 is 4.74 Å². The summed E-state index contributed by atoms with van der Waals surface area (Å²) in [5, 5.41) is 10.1. The molecule has 0 spiro atoms. The maximum Gasteiger partial charge on any atom is 0.216 e. The van der Waals surface area contributed by atoms with E-state index in [1.54, 1.807) is 18.2 Å². The molecule has 1 unspecified atom stereocenters. The third-order valence-electron chi connectivity index (χ3n) is 2.66. The minimum Gasteiger partial charge on any atom is -0.481 e. The number of nitrogens with zero attached hydrogens (tertiary/aromatic N) is 2. The first-order chi connectivity index (χ1) is 9.11. The number of benzene rings is 1. The molecule has 0 saturated carbocycles. The molecule has 0 fully saturated rings. The predicted octanol–water partition coefficient (Wildman–Crippen LogP) is 2.66. The van der Waals surface area contributed by atoms with E-state index in [0.29, 0.717) is 21.6 Å². The predicted molar refractivity (Wildman–Crippen MR) is 71.3 cm³/mol. The second-order valence-electron chi connectivity index (χ2n) is 3.92. The molecule has 1 atom stereocenters. The Morgan fingerprint density at radius 2 is 2.21 bits per heavy atom. The van der Waals surface area contributed by atoms with Crippen LogP contribution in [0.1, 0.15) is 17.4 Å². The van der Waals surface area contributed by atoms with Crippen molar-refractivity contribution in [3.05, 3.63) is 52.1 Å². The van der Waals surface area contributed by atoms with Crippen LogP contribution in [0.2, 0.25) is 0 Å². The zero-order valence-corrected chi connectivity index (χ0v) is 11.8. The van der Waals surface area contributed by atoms with Crippen LogP contribution in [0.25, 0.3) is 0 Å². The molecule has 0 bridgehead atoms. The molecule has 6 heteroatoms. The van der Waals surface area contributed by atoms with Gasteiger partial charge in [0, 0.05) is 12.5 Å². The summed E-state index contributed by atoms with van der Waals surface area (Å²) in [6.07, 6.45) is 0.714. The first-order valence-corrected chi connectivity index (χ1v) is 6.38. The fourth-order valence-electron chi connectivity index (χ4n) is 1.67. The van der Waals surface area contributed by atoms with Crippen molar-refractivity contribution < 1.29 is 14.2 Å². The number of rotatable bonds is 4. The van der Waals surface area contributed by atoms with Gasteiger partial charge in [-0.25, -0.2) is 14.4 Å². The molecule has 0 radical (unpaired) electrons. The van der Waals surface area contributed by atoms with Gasteiger partial charge in [-0.2, -0.15) is 0 Å². The molecule has 0 amide bonds. The van der Waals surface area contributed by atoms with Crippen molar-refractivity contribution in [3.8, 4) is 5.88 Å². The lowest BCUT2D eigenvalue weighted by Crippen LogP contribution is -2.06. The average molecular weight is 327 g/mol. The summed E-state index contributed by atoms with van der Waals surface area (Å²) in [6.45, 7) is 0. The van der Waals surface area contributed by atoms with Crippen molar-refractivity contribution >= 4 is 15.9 Å². The van der Waals surface area contributed by atoms with Gasteiger partial charge in [0.05, 0.1) is 17.3 Å². The zero-order chi connectivity index (χ0) is 13.8. The van der Waals surface area contributed by atoms with Crippen LogP contribution in [0.15, 0.2) is 35.1 Å². The Morgan fingerprint density at radius 3 is 2.95 bits per heavy atom. The van der Waals surface area contributed by atoms with Crippen molar-refractivity contribution in [2.24, 2.45) is 0 Å². The number of aliphatic hydroxyl groups excluding tert-OH is 1. The molecule has 1 N–H and O–H groups in total. The van der Waals surface area contributed by atoms with Gasteiger partial charge in [0.25, 0.3) is 0 Å². The first kappa shape index (κ1) is 13.9. The average Bonchev–Trinajstić information content (AvgIpc) is 2.44. The van der Waals surface area contributed by atoms with Crippen molar-refractivity contribution in [1.29, 1.82) is 0 Å². The van der Waals surface area contributed by atoms with Gasteiger partial charge in [-0.1, -0.05) is 12.1 Å². The first-order valence-electron chi connectivity index (χ1n) is 5.58. The van der Waals surface area contributed by atoms with E-state index in [0.717, 1.165) is 0 Å². The van der Waals surface area contributed by atoms with Crippen LogP contribution >= 0.6 is 15.9 Å². The molecular weight excluding hydrogens is 315 g/mol. The molecular formula is C13H12BrFN2O2. The highest BCUT2D eigenvalue weighted by Crippen LogP contribution is 2.25. The van der Waals surface area contributed by atoms with Crippen LogP contribution in [-0.2, 0) is 6.42 Å². The molecule has 0 aliphatic carbocycles. The fraction of sp³-hybridized carbons (Fsp3) is 0.231. The largest absolute Gasteiger partial charge is 0.481 e. The summed E-state index contributed by atoms with van der Waals surface area (Å²) in [5.41, 5.74) is 1.10. The minimum absolute atomic E-state index is 0.249. The summed E-state index contributed by atoms with van der Waals surface area (Å²) < 4.78 is 18.7. The molecule has 100 valence electrons. The Balaban J connectivity index is 2.20. The Morgan fingerprint density at radius 1 is 1.42 bits per heavy atom. The Labute approximate surface area is 118 Å². The van der Waals surface area contributed by atoms with Crippen LogP contribution in [0, 0.1) is 5.82 Å². The van der Waals surface area contributed by atoms with E-state index < -0.39 is 6.10 Å². The molecule has 0 saturated heterocycles. The number of aliphatic hydroxyl groups is 1. The smallest absolute Gasteiger partial charge is 0.216 e. The van der Waals surface area contributed by atoms with Crippen molar-refractivity contribution in [3.63, 3.8) is 0 Å². The van der Waals surface area contributed by atoms with Gasteiger partial charge in [-0.15, -0.1) is 0 Å². The van der Waals surface area contributed by atoms with Crippen molar-refractivity contribution in [2.45, 2.75) is 12.5 Å². The van der Waals surface area contributed by atoms with E-state index in [9.17, 15) is 9.50 Å². The summed E-state index contributed by atoms with van der Waals surface area (Å²) >= 11 is 3.17. The summed E-state index contributed by atoms with van der Waals surface area (Å²) in [4.78, 5) is 7.85. The van der Waals surface area contributed by atoms with Gasteiger partial charge in [-0.3, -0.25) is 0 Å². The Bertz CT molecular complexity index is 580. The Hall–Kier alpha value is -1.53. The number of halogens is 2. The molecule has 19 heavy (non-hydrogen) atoms. The van der Waals surface area contributed by atoms with Crippen molar-refractivity contribution in [1.82, 2.24) is 9.97 Å². The minimum atomic E-state index is -0.852. The number of ether oxygens (including phenoxy) is 1. The highest BCUT2D eigenvalue weighted by molar-refractivity contribution is 9.10. The summed E-state index contributed by atoms with van der Waals surface area (Å²) in [6, 6.07) is 6.25. The topological polar surface area (TPSA) is 55.2 Å². The van der Waals surface area contributed by atoms with Gasteiger partial charge >= 0.3 is 0 Å². The van der Waals surface area contributed by atoms with E-state index in [4.69, 9.17) is 4.74 Å². The van der Waals surface area contributed by atoms with E-state index in [1.807, 2.05) is 0 Å². The quantitative estimate of drug-likeness (QED) is 0.938. The standard InChI is InChI=1S/C13H12BrFN2O2/c1-19-12-6-10(16-7-17-12)11(18)5-8-3-2-4-9(15)13(8)14/h2-4,6-7,11,18H,5H2,1H3. The third-order valence-corrected chi connectivity index (χ3v) is 3.55. The highest BCUT2D eigenvalue weighted by Gasteiger charge is 2.14. The SMILES string of the molecule is COc1cc(C(O)Cc2cccc(F)c2Br)ncn1. The van der Waals surface area contributed by atoms with Crippen LogP contribution in [0.3, 0.4) is 0 Å². The summed E-state index contributed by atoms with van der Waals surface area (Å²) in [7, 11) is 1.49. The summed E-state index contributed by atoms with van der Waals surface area (Å²) in [5.74, 6) is 0.0207. The van der Waals surface area contributed by atoms with Gasteiger partial charge in [0.2, 0.25) is 5.88 Å². The van der Waals surface area contributed by atoms with Crippen LogP contribution in [0.5, 0.6) is 5.88 Å². The number of methoxy groups -OCH3 is 1. The van der Waals surface area contributed by atoms with Gasteiger partial charge < -0.3 is 9.84 Å².